The average Bonchev–Trinajstić information content (AvgIpc) is 2.53. The molecule has 0 saturated heterocycles. The van der Waals surface area contributed by atoms with E-state index in [1.807, 2.05) is 60.7 Å². The molecule has 0 bridgehead atoms. The van der Waals surface area contributed by atoms with Crippen molar-refractivity contribution in [3.05, 3.63) is 71.8 Å². The first-order valence-electron chi connectivity index (χ1n) is 7.25. The van der Waals surface area contributed by atoms with E-state index < -0.39 is 5.60 Å². The highest BCUT2D eigenvalue weighted by molar-refractivity contribution is 7.99. The highest BCUT2D eigenvalue weighted by Gasteiger charge is 2.37. The van der Waals surface area contributed by atoms with Gasteiger partial charge in [-0.3, -0.25) is 0 Å². The summed E-state index contributed by atoms with van der Waals surface area (Å²) in [5, 5.41) is 11.9. The molecule has 112 valence electrons. The molecule has 2 aromatic rings. The van der Waals surface area contributed by atoms with Gasteiger partial charge in [-0.15, -0.1) is 0 Å². The van der Waals surface area contributed by atoms with Crippen LogP contribution in [0.2, 0.25) is 0 Å². The predicted octanol–water partition coefficient (Wildman–Crippen LogP) is 3.39. The zero-order valence-electron chi connectivity index (χ0n) is 12.6. The molecule has 0 spiro atoms. The van der Waals surface area contributed by atoms with Crippen LogP contribution in [0.1, 0.15) is 25.0 Å². The molecule has 0 fully saturated rings. The second kappa shape index (κ2) is 7.12. The monoisotopic (exact) mass is 301 g/mol. The van der Waals surface area contributed by atoms with Crippen molar-refractivity contribution in [3.8, 4) is 0 Å². The van der Waals surface area contributed by atoms with Crippen LogP contribution in [0, 0.1) is 0 Å². The predicted molar refractivity (Wildman–Crippen MR) is 91.5 cm³/mol. The number of benzene rings is 2. The highest BCUT2D eigenvalue weighted by Crippen LogP contribution is 2.33. The second-order valence-corrected chi connectivity index (χ2v) is 7.10. The molecule has 0 radical (unpaired) electrons. The molecular weight excluding hydrogens is 278 g/mol. The van der Waals surface area contributed by atoms with Gasteiger partial charge in [0.25, 0.3) is 0 Å². The smallest absolute Gasteiger partial charge is 0.130 e. The van der Waals surface area contributed by atoms with Crippen molar-refractivity contribution in [3.63, 3.8) is 0 Å². The summed E-state index contributed by atoms with van der Waals surface area (Å²) in [6.07, 6.45) is 0. The van der Waals surface area contributed by atoms with Crippen molar-refractivity contribution in [2.24, 2.45) is 5.73 Å². The minimum absolute atomic E-state index is 0.366. The number of hydrogen-bond donors (Lipinski definition) is 2. The number of thioether (sulfide) groups is 1. The first-order chi connectivity index (χ1) is 10.0. The first kappa shape index (κ1) is 16.1. The van der Waals surface area contributed by atoms with Crippen LogP contribution in [0.25, 0.3) is 0 Å². The van der Waals surface area contributed by atoms with Gasteiger partial charge in [0.15, 0.2) is 0 Å². The maximum Gasteiger partial charge on any atom is 0.130 e. The Hall–Kier alpha value is -1.29. The molecule has 2 aromatic carbocycles. The van der Waals surface area contributed by atoms with Gasteiger partial charge in [0.2, 0.25) is 0 Å². The van der Waals surface area contributed by atoms with E-state index in [9.17, 15) is 5.11 Å². The van der Waals surface area contributed by atoms with Crippen LogP contribution in [0.15, 0.2) is 60.7 Å². The molecule has 0 aliphatic rings. The molecule has 0 unspecified atom stereocenters. The van der Waals surface area contributed by atoms with E-state index in [2.05, 4.69) is 13.8 Å². The first-order valence-corrected chi connectivity index (χ1v) is 8.30. The quantitative estimate of drug-likeness (QED) is 0.859. The third-order valence-electron chi connectivity index (χ3n) is 3.57. The molecule has 21 heavy (non-hydrogen) atoms. The Balaban J connectivity index is 2.40. The maximum absolute atomic E-state index is 11.4. The Kier molecular flexibility index (Phi) is 5.45. The Morgan fingerprint density at radius 2 is 1.38 bits per heavy atom. The second-order valence-electron chi connectivity index (χ2n) is 5.49. The van der Waals surface area contributed by atoms with Gasteiger partial charge in [-0.25, -0.2) is 0 Å². The SMILES string of the molecule is CC(C)SC[C@@H](N)C(O)(c1ccccc1)c1ccccc1. The summed E-state index contributed by atoms with van der Waals surface area (Å²) in [6, 6.07) is 19.0. The topological polar surface area (TPSA) is 46.2 Å². The van der Waals surface area contributed by atoms with Gasteiger partial charge in [0, 0.05) is 5.75 Å². The highest BCUT2D eigenvalue weighted by atomic mass is 32.2. The lowest BCUT2D eigenvalue weighted by atomic mass is 9.81. The van der Waals surface area contributed by atoms with Crippen LogP contribution in [0.5, 0.6) is 0 Å². The molecule has 0 aliphatic carbocycles. The molecule has 2 nitrogen and oxygen atoms in total. The molecule has 0 saturated carbocycles. The van der Waals surface area contributed by atoms with E-state index in [1.165, 1.54) is 0 Å². The summed E-state index contributed by atoms with van der Waals surface area (Å²) in [6.45, 7) is 4.28. The lowest BCUT2D eigenvalue weighted by molar-refractivity contribution is 0.0594. The van der Waals surface area contributed by atoms with E-state index in [0.29, 0.717) is 11.0 Å². The van der Waals surface area contributed by atoms with Crippen LogP contribution in [-0.4, -0.2) is 22.2 Å². The summed E-state index contributed by atoms with van der Waals surface area (Å²) in [5.41, 5.74) is 6.91. The van der Waals surface area contributed by atoms with Gasteiger partial charge in [-0.2, -0.15) is 11.8 Å². The van der Waals surface area contributed by atoms with Crippen LogP contribution < -0.4 is 5.73 Å². The number of nitrogens with two attached hydrogens (primary N) is 1. The van der Waals surface area contributed by atoms with E-state index in [-0.39, 0.29) is 6.04 Å². The van der Waals surface area contributed by atoms with Gasteiger partial charge in [0.1, 0.15) is 5.60 Å². The largest absolute Gasteiger partial charge is 0.379 e. The average molecular weight is 301 g/mol. The molecule has 0 amide bonds. The van der Waals surface area contributed by atoms with Gasteiger partial charge < -0.3 is 10.8 Å². The van der Waals surface area contributed by atoms with Crippen molar-refractivity contribution in [2.45, 2.75) is 30.7 Å². The summed E-state index contributed by atoms with van der Waals surface area (Å²) >= 11 is 1.77. The van der Waals surface area contributed by atoms with Crippen LogP contribution >= 0.6 is 11.8 Å². The van der Waals surface area contributed by atoms with E-state index in [1.54, 1.807) is 11.8 Å². The third kappa shape index (κ3) is 3.67. The summed E-state index contributed by atoms with van der Waals surface area (Å²) < 4.78 is 0. The summed E-state index contributed by atoms with van der Waals surface area (Å²) in [7, 11) is 0. The molecular formula is C18H23NOS. The molecule has 1 atom stereocenters. The van der Waals surface area contributed by atoms with E-state index in [0.717, 1.165) is 11.1 Å². The standard InChI is InChI=1S/C18H23NOS/c1-14(2)21-13-17(19)18(20,15-9-5-3-6-10-15)16-11-7-4-8-12-16/h3-12,14,17,20H,13,19H2,1-2H3/t17-/m1/s1. The van der Waals surface area contributed by atoms with Crippen molar-refractivity contribution in [1.29, 1.82) is 0 Å². The van der Waals surface area contributed by atoms with Crippen molar-refractivity contribution in [1.82, 2.24) is 0 Å². The number of rotatable bonds is 6. The van der Waals surface area contributed by atoms with E-state index in [4.69, 9.17) is 5.73 Å². The van der Waals surface area contributed by atoms with Crippen molar-refractivity contribution >= 4 is 11.8 Å². The zero-order valence-corrected chi connectivity index (χ0v) is 13.4. The van der Waals surface area contributed by atoms with Crippen molar-refractivity contribution in [2.75, 3.05) is 5.75 Å². The minimum Gasteiger partial charge on any atom is -0.379 e. The number of hydrogen-bond acceptors (Lipinski definition) is 3. The van der Waals surface area contributed by atoms with Gasteiger partial charge in [-0.05, 0) is 16.4 Å². The normalized spacial score (nSPS) is 13.4. The van der Waals surface area contributed by atoms with Crippen molar-refractivity contribution < 1.29 is 5.11 Å². The Morgan fingerprint density at radius 1 is 0.952 bits per heavy atom. The zero-order chi connectivity index (χ0) is 15.3. The summed E-state index contributed by atoms with van der Waals surface area (Å²) in [4.78, 5) is 0. The fourth-order valence-electron chi connectivity index (χ4n) is 2.40. The molecule has 0 aromatic heterocycles. The summed E-state index contributed by atoms with van der Waals surface area (Å²) in [5.74, 6) is 0.706. The Morgan fingerprint density at radius 3 is 1.76 bits per heavy atom. The Bertz CT molecular complexity index is 502. The van der Waals surface area contributed by atoms with Crippen LogP contribution in [-0.2, 0) is 5.60 Å². The van der Waals surface area contributed by atoms with Crippen LogP contribution in [0.3, 0.4) is 0 Å². The van der Waals surface area contributed by atoms with Gasteiger partial charge >= 0.3 is 0 Å². The van der Waals surface area contributed by atoms with E-state index >= 15 is 0 Å². The lowest BCUT2D eigenvalue weighted by Crippen LogP contribution is -2.48. The fourth-order valence-corrected chi connectivity index (χ4v) is 3.23. The molecule has 3 N–H and O–H groups in total. The third-order valence-corrected chi connectivity index (χ3v) is 4.79. The van der Waals surface area contributed by atoms with Gasteiger partial charge in [0.05, 0.1) is 6.04 Å². The Labute approximate surface area is 131 Å². The maximum atomic E-state index is 11.4. The lowest BCUT2D eigenvalue weighted by Gasteiger charge is -2.35. The molecule has 2 rings (SSSR count). The molecule has 3 heteroatoms. The molecule has 0 aliphatic heterocycles. The van der Waals surface area contributed by atoms with Gasteiger partial charge in [-0.1, -0.05) is 74.5 Å². The number of aliphatic hydroxyl groups is 1. The van der Waals surface area contributed by atoms with Crippen LogP contribution in [0.4, 0.5) is 0 Å². The molecule has 0 heterocycles. The minimum atomic E-state index is -1.16. The fraction of sp³-hybridized carbons (Fsp3) is 0.333.